The quantitative estimate of drug-likeness (QED) is 0.805. The van der Waals surface area contributed by atoms with Gasteiger partial charge in [0.15, 0.2) is 0 Å². The number of rotatable bonds is 3. The Balaban J connectivity index is 2.37. The fourth-order valence-electron chi connectivity index (χ4n) is 1.59. The molecule has 2 rings (SSSR count). The number of ether oxygens (including phenoxy) is 1. The van der Waals surface area contributed by atoms with Crippen molar-refractivity contribution >= 4 is 11.6 Å². The average Bonchev–Trinajstić information content (AvgIpc) is 2.32. The first-order valence-electron chi connectivity index (χ1n) is 5.36. The number of nitrogens with zero attached hydrogens (tertiary/aromatic N) is 1. The van der Waals surface area contributed by atoms with Crippen LogP contribution >= 0.6 is 0 Å². The highest BCUT2D eigenvalue weighted by Gasteiger charge is 2.14. The monoisotopic (exact) mass is 243 g/mol. The van der Waals surface area contributed by atoms with Gasteiger partial charge in [-0.1, -0.05) is 0 Å². The smallest absolute Gasteiger partial charge is 0.254 e. The first kappa shape index (κ1) is 11.9. The minimum Gasteiger partial charge on any atom is -0.456 e. The SMILES string of the molecule is Cc1nccc(Oc2ccc(N)cc2)c1C(N)=O. The molecule has 0 saturated heterocycles. The number of carbonyl (C=O) groups is 1. The van der Waals surface area contributed by atoms with Crippen molar-refractivity contribution in [1.29, 1.82) is 0 Å². The van der Waals surface area contributed by atoms with Gasteiger partial charge < -0.3 is 16.2 Å². The summed E-state index contributed by atoms with van der Waals surface area (Å²) in [6.45, 7) is 1.70. The van der Waals surface area contributed by atoms with Gasteiger partial charge in [-0.3, -0.25) is 9.78 Å². The molecule has 18 heavy (non-hydrogen) atoms. The van der Waals surface area contributed by atoms with E-state index in [1.807, 2.05) is 0 Å². The number of primary amides is 1. The van der Waals surface area contributed by atoms with Gasteiger partial charge in [0.05, 0.1) is 5.69 Å². The summed E-state index contributed by atoms with van der Waals surface area (Å²) in [5.74, 6) is 0.406. The number of nitrogens with two attached hydrogens (primary N) is 2. The Hall–Kier alpha value is -2.56. The summed E-state index contributed by atoms with van der Waals surface area (Å²) in [6.07, 6.45) is 1.56. The third-order valence-electron chi connectivity index (χ3n) is 2.46. The molecular formula is C13H13N3O2. The molecule has 1 amide bonds. The van der Waals surface area contributed by atoms with E-state index in [1.165, 1.54) is 0 Å². The molecule has 1 heterocycles. The molecule has 0 aliphatic heterocycles. The van der Waals surface area contributed by atoms with Gasteiger partial charge in [0.25, 0.3) is 5.91 Å². The number of nitrogen functional groups attached to an aromatic ring is 1. The Labute approximate surface area is 104 Å². The molecule has 0 spiro atoms. The first-order chi connectivity index (χ1) is 8.58. The van der Waals surface area contributed by atoms with Crippen LogP contribution in [0.15, 0.2) is 36.5 Å². The maximum Gasteiger partial charge on any atom is 0.254 e. The molecule has 0 aliphatic rings. The number of carbonyl (C=O) groups excluding carboxylic acids is 1. The van der Waals surface area contributed by atoms with Gasteiger partial charge in [0.1, 0.15) is 17.1 Å². The number of hydrogen-bond acceptors (Lipinski definition) is 4. The third-order valence-corrected chi connectivity index (χ3v) is 2.46. The van der Waals surface area contributed by atoms with E-state index in [4.69, 9.17) is 16.2 Å². The van der Waals surface area contributed by atoms with Crippen molar-refractivity contribution < 1.29 is 9.53 Å². The third kappa shape index (κ3) is 2.40. The normalized spacial score (nSPS) is 10.1. The molecule has 1 aromatic heterocycles. The van der Waals surface area contributed by atoms with Crippen LogP contribution in [-0.4, -0.2) is 10.9 Å². The molecule has 5 heteroatoms. The van der Waals surface area contributed by atoms with Crippen LogP contribution in [-0.2, 0) is 0 Å². The van der Waals surface area contributed by atoms with Crippen molar-refractivity contribution in [3.8, 4) is 11.5 Å². The fraction of sp³-hybridized carbons (Fsp3) is 0.0769. The highest BCUT2D eigenvalue weighted by molar-refractivity contribution is 5.96. The van der Waals surface area contributed by atoms with Crippen LogP contribution in [0.1, 0.15) is 16.1 Å². The van der Waals surface area contributed by atoms with Crippen LogP contribution in [0.25, 0.3) is 0 Å². The van der Waals surface area contributed by atoms with E-state index in [0.29, 0.717) is 22.9 Å². The zero-order valence-corrected chi connectivity index (χ0v) is 9.88. The van der Waals surface area contributed by atoms with Gasteiger partial charge in [-0.2, -0.15) is 0 Å². The number of aromatic nitrogens is 1. The second-order valence-electron chi connectivity index (χ2n) is 3.80. The maximum absolute atomic E-state index is 11.4. The molecule has 0 fully saturated rings. The highest BCUT2D eigenvalue weighted by atomic mass is 16.5. The Morgan fingerprint density at radius 2 is 1.89 bits per heavy atom. The summed E-state index contributed by atoms with van der Waals surface area (Å²) in [5, 5.41) is 0. The van der Waals surface area contributed by atoms with Crippen molar-refractivity contribution in [3.05, 3.63) is 47.8 Å². The van der Waals surface area contributed by atoms with E-state index in [2.05, 4.69) is 4.98 Å². The molecule has 0 bridgehead atoms. The number of hydrogen-bond donors (Lipinski definition) is 2. The summed E-state index contributed by atoms with van der Waals surface area (Å²) >= 11 is 0. The zero-order valence-electron chi connectivity index (χ0n) is 9.88. The number of amides is 1. The van der Waals surface area contributed by atoms with E-state index in [-0.39, 0.29) is 5.56 Å². The molecule has 0 aliphatic carbocycles. The minimum atomic E-state index is -0.564. The zero-order chi connectivity index (χ0) is 13.1. The van der Waals surface area contributed by atoms with Gasteiger partial charge in [-0.05, 0) is 37.3 Å². The number of pyridine rings is 1. The second kappa shape index (κ2) is 4.75. The summed E-state index contributed by atoms with van der Waals surface area (Å²) in [6, 6.07) is 8.47. The molecule has 4 N–H and O–H groups in total. The number of anilines is 1. The highest BCUT2D eigenvalue weighted by Crippen LogP contribution is 2.26. The van der Waals surface area contributed by atoms with E-state index in [9.17, 15) is 4.79 Å². The summed E-state index contributed by atoms with van der Waals surface area (Å²) in [7, 11) is 0. The van der Waals surface area contributed by atoms with Gasteiger partial charge in [0, 0.05) is 11.9 Å². The van der Waals surface area contributed by atoms with E-state index in [0.717, 1.165) is 0 Å². The molecule has 1 aromatic carbocycles. The molecule has 5 nitrogen and oxygen atoms in total. The summed E-state index contributed by atoms with van der Waals surface area (Å²) < 4.78 is 5.61. The lowest BCUT2D eigenvalue weighted by Crippen LogP contribution is -2.14. The average molecular weight is 243 g/mol. The summed E-state index contributed by atoms with van der Waals surface area (Å²) in [4.78, 5) is 15.4. The standard InChI is InChI=1S/C13H13N3O2/c1-8-12(13(15)17)11(6-7-16-8)18-10-4-2-9(14)3-5-10/h2-7H,14H2,1H3,(H2,15,17). The predicted octanol–water partition coefficient (Wildman–Crippen LogP) is 1.86. The van der Waals surface area contributed by atoms with E-state index >= 15 is 0 Å². The molecule has 0 atom stereocenters. The fourth-order valence-corrected chi connectivity index (χ4v) is 1.59. The molecule has 0 radical (unpaired) electrons. The van der Waals surface area contributed by atoms with Crippen LogP contribution in [0.4, 0.5) is 5.69 Å². The Kier molecular flexibility index (Phi) is 3.14. The van der Waals surface area contributed by atoms with Crippen molar-refractivity contribution in [2.75, 3.05) is 5.73 Å². The van der Waals surface area contributed by atoms with Crippen LogP contribution in [0.5, 0.6) is 11.5 Å². The molecule has 0 unspecified atom stereocenters. The summed E-state index contributed by atoms with van der Waals surface area (Å²) in [5.41, 5.74) is 12.4. The largest absolute Gasteiger partial charge is 0.456 e. The predicted molar refractivity (Wildman–Crippen MR) is 68.4 cm³/mol. The number of aryl methyl sites for hydroxylation is 1. The van der Waals surface area contributed by atoms with Gasteiger partial charge >= 0.3 is 0 Å². The van der Waals surface area contributed by atoms with Gasteiger partial charge in [-0.25, -0.2) is 0 Å². The lowest BCUT2D eigenvalue weighted by atomic mass is 10.2. The molecule has 2 aromatic rings. The molecule has 92 valence electrons. The van der Waals surface area contributed by atoms with E-state index < -0.39 is 5.91 Å². The number of benzene rings is 1. The maximum atomic E-state index is 11.4. The second-order valence-corrected chi connectivity index (χ2v) is 3.80. The first-order valence-corrected chi connectivity index (χ1v) is 5.36. The van der Waals surface area contributed by atoms with Crippen LogP contribution in [0.3, 0.4) is 0 Å². The Morgan fingerprint density at radius 3 is 2.50 bits per heavy atom. The molecular weight excluding hydrogens is 230 g/mol. The van der Waals surface area contributed by atoms with Crippen molar-refractivity contribution in [2.24, 2.45) is 5.73 Å². The topological polar surface area (TPSA) is 91.2 Å². The van der Waals surface area contributed by atoms with Gasteiger partial charge in [0.2, 0.25) is 0 Å². The lowest BCUT2D eigenvalue weighted by Gasteiger charge is -2.10. The van der Waals surface area contributed by atoms with Crippen molar-refractivity contribution in [1.82, 2.24) is 4.98 Å². The van der Waals surface area contributed by atoms with Crippen LogP contribution in [0, 0.1) is 6.92 Å². The van der Waals surface area contributed by atoms with Crippen LogP contribution < -0.4 is 16.2 Å². The van der Waals surface area contributed by atoms with Crippen molar-refractivity contribution in [3.63, 3.8) is 0 Å². The minimum absolute atomic E-state index is 0.286. The Bertz CT molecular complexity index is 579. The van der Waals surface area contributed by atoms with Gasteiger partial charge in [-0.15, -0.1) is 0 Å². The van der Waals surface area contributed by atoms with Crippen molar-refractivity contribution in [2.45, 2.75) is 6.92 Å². The Morgan fingerprint density at radius 1 is 1.22 bits per heavy atom. The van der Waals surface area contributed by atoms with E-state index in [1.54, 1.807) is 43.5 Å². The van der Waals surface area contributed by atoms with Crippen LogP contribution in [0.2, 0.25) is 0 Å². The molecule has 0 saturated carbocycles. The lowest BCUT2D eigenvalue weighted by molar-refractivity contribution is 0.0997.